The lowest BCUT2D eigenvalue weighted by Crippen LogP contribution is -2.42. The van der Waals surface area contributed by atoms with Crippen molar-refractivity contribution >= 4 is 18.3 Å². The number of rotatable bonds is 2. The topological polar surface area (TPSA) is 112 Å². The van der Waals surface area contributed by atoms with Crippen molar-refractivity contribution in [1.82, 2.24) is 0 Å². The van der Waals surface area contributed by atoms with Crippen LogP contribution in [0.15, 0.2) is 9.98 Å². The molecule has 0 radical (unpaired) electrons. The van der Waals surface area contributed by atoms with E-state index in [9.17, 15) is 15.0 Å². The van der Waals surface area contributed by atoms with E-state index in [1.807, 2.05) is 0 Å². The second-order valence-corrected chi connectivity index (χ2v) is 3.66. The first-order valence-corrected chi connectivity index (χ1v) is 4.87. The van der Waals surface area contributed by atoms with E-state index in [0.29, 0.717) is 0 Å². The van der Waals surface area contributed by atoms with Gasteiger partial charge in [0.2, 0.25) is 0 Å². The van der Waals surface area contributed by atoms with E-state index in [1.165, 1.54) is 12.4 Å². The molecule has 2 aliphatic rings. The van der Waals surface area contributed by atoms with Gasteiger partial charge in [0.25, 0.3) is 5.91 Å². The monoisotopic (exact) mass is 228 g/mol. The Labute approximate surface area is 91.1 Å². The summed E-state index contributed by atoms with van der Waals surface area (Å²) in [5.41, 5.74) is 0. The number of aliphatic hydroxyl groups excluding tert-OH is 3. The number of aliphatic imine (C=N–C) groups is 2. The summed E-state index contributed by atoms with van der Waals surface area (Å²) in [6, 6.07) is -0.953. The van der Waals surface area contributed by atoms with Gasteiger partial charge in [-0.1, -0.05) is 0 Å². The summed E-state index contributed by atoms with van der Waals surface area (Å²) in [5, 5.41) is 28.1. The average molecular weight is 228 g/mol. The minimum absolute atomic E-state index is 0.428. The van der Waals surface area contributed by atoms with Gasteiger partial charge < -0.3 is 20.1 Å². The number of carbonyl (C=O) groups is 1. The molecule has 0 bridgehead atoms. The van der Waals surface area contributed by atoms with Crippen LogP contribution in [0, 0.1) is 0 Å². The molecule has 2 aliphatic heterocycles. The number of nitrogens with zero attached hydrogens (tertiary/aromatic N) is 2. The third kappa shape index (κ3) is 1.78. The number of hydrogen-bond acceptors (Lipinski definition) is 6. The van der Waals surface area contributed by atoms with Crippen LogP contribution in [0.2, 0.25) is 0 Å². The van der Waals surface area contributed by atoms with Gasteiger partial charge in [0, 0.05) is 12.4 Å². The average Bonchev–Trinajstić information content (AvgIpc) is 2.57. The first-order valence-electron chi connectivity index (χ1n) is 4.87. The molecule has 16 heavy (non-hydrogen) atoms. The first-order chi connectivity index (χ1) is 7.65. The zero-order chi connectivity index (χ0) is 11.7. The maximum absolute atomic E-state index is 11.4. The summed E-state index contributed by atoms with van der Waals surface area (Å²) >= 11 is 0. The van der Waals surface area contributed by atoms with Crippen molar-refractivity contribution in [2.24, 2.45) is 9.98 Å². The van der Waals surface area contributed by atoms with Gasteiger partial charge >= 0.3 is 0 Å². The number of aliphatic hydroxyl groups is 3. The van der Waals surface area contributed by atoms with Gasteiger partial charge in [0.05, 0.1) is 6.61 Å². The van der Waals surface area contributed by atoms with E-state index in [-0.39, 0.29) is 0 Å². The van der Waals surface area contributed by atoms with Gasteiger partial charge in [0.1, 0.15) is 24.4 Å². The highest BCUT2D eigenvalue weighted by atomic mass is 16.6. The van der Waals surface area contributed by atoms with Gasteiger partial charge in [0.15, 0.2) is 6.04 Å². The molecule has 0 aliphatic carbocycles. The van der Waals surface area contributed by atoms with Gasteiger partial charge in [-0.3, -0.25) is 9.79 Å². The molecule has 0 aromatic carbocycles. The van der Waals surface area contributed by atoms with Gasteiger partial charge in [-0.15, -0.1) is 0 Å². The number of carbonyl (C=O) groups excluding carboxylic acids is 1. The smallest absolute Gasteiger partial charge is 0.273 e. The van der Waals surface area contributed by atoms with E-state index >= 15 is 0 Å². The van der Waals surface area contributed by atoms with Crippen LogP contribution in [0.3, 0.4) is 0 Å². The second kappa shape index (κ2) is 4.38. The van der Waals surface area contributed by atoms with Crippen molar-refractivity contribution in [2.75, 3.05) is 6.61 Å². The zero-order valence-corrected chi connectivity index (χ0v) is 8.30. The van der Waals surface area contributed by atoms with Crippen LogP contribution in [0.4, 0.5) is 0 Å². The Hall–Kier alpha value is -1.15. The zero-order valence-electron chi connectivity index (χ0n) is 8.30. The summed E-state index contributed by atoms with van der Waals surface area (Å²) in [7, 11) is 0. The fourth-order valence-corrected chi connectivity index (χ4v) is 1.79. The highest BCUT2D eigenvalue weighted by molar-refractivity contribution is 6.21. The first kappa shape index (κ1) is 11.3. The van der Waals surface area contributed by atoms with Crippen LogP contribution in [-0.4, -0.2) is 70.7 Å². The standard InChI is InChI=1S/C9H12N2O5/c12-3-4-6(13)7(14)8(16-4)5-9(15)11-2-1-10-5/h1-2,4-8,12-14H,3H2. The molecular weight excluding hydrogens is 216 g/mol. The van der Waals surface area contributed by atoms with E-state index < -0.39 is 43.0 Å². The highest BCUT2D eigenvalue weighted by Gasteiger charge is 2.48. The van der Waals surface area contributed by atoms with Crippen LogP contribution in [-0.2, 0) is 9.53 Å². The molecule has 7 heteroatoms. The third-order valence-corrected chi connectivity index (χ3v) is 2.66. The van der Waals surface area contributed by atoms with Crippen LogP contribution in [0.25, 0.3) is 0 Å². The quantitative estimate of drug-likeness (QED) is 0.484. The van der Waals surface area contributed by atoms with Crippen LogP contribution in [0.1, 0.15) is 0 Å². The van der Waals surface area contributed by atoms with Crippen molar-refractivity contribution in [1.29, 1.82) is 0 Å². The molecule has 0 aromatic heterocycles. The predicted octanol–water partition coefficient (Wildman–Crippen LogP) is -2.48. The Morgan fingerprint density at radius 1 is 1.31 bits per heavy atom. The van der Waals surface area contributed by atoms with Gasteiger partial charge in [-0.25, -0.2) is 4.99 Å². The third-order valence-electron chi connectivity index (χ3n) is 2.66. The molecular formula is C9H12N2O5. The Kier molecular flexibility index (Phi) is 3.10. The van der Waals surface area contributed by atoms with Crippen molar-refractivity contribution in [3.63, 3.8) is 0 Å². The van der Waals surface area contributed by atoms with Crippen molar-refractivity contribution < 1.29 is 24.9 Å². The molecule has 2 heterocycles. The molecule has 3 N–H and O–H groups in total. The molecule has 0 saturated carbocycles. The molecule has 88 valence electrons. The molecule has 0 spiro atoms. The number of hydrogen-bond donors (Lipinski definition) is 3. The normalized spacial score (nSPS) is 42.9. The van der Waals surface area contributed by atoms with Crippen LogP contribution in [0.5, 0.6) is 0 Å². The van der Waals surface area contributed by atoms with Crippen molar-refractivity contribution in [3.05, 3.63) is 0 Å². The second-order valence-electron chi connectivity index (χ2n) is 3.66. The Balaban J connectivity index is 2.14. The number of amides is 1. The molecule has 1 amide bonds. The van der Waals surface area contributed by atoms with Gasteiger partial charge in [-0.05, 0) is 0 Å². The molecule has 1 fully saturated rings. The largest absolute Gasteiger partial charge is 0.394 e. The molecule has 5 atom stereocenters. The summed E-state index contributed by atoms with van der Waals surface area (Å²) in [6.45, 7) is -0.428. The Bertz CT molecular complexity index is 343. The summed E-state index contributed by atoms with van der Waals surface area (Å²) in [5.74, 6) is -0.530. The fraction of sp³-hybridized carbons (Fsp3) is 0.667. The molecule has 2 rings (SSSR count). The van der Waals surface area contributed by atoms with Crippen molar-refractivity contribution in [3.8, 4) is 0 Å². The van der Waals surface area contributed by atoms with Crippen molar-refractivity contribution in [2.45, 2.75) is 30.5 Å². The molecule has 7 nitrogen and oxygen atoms in total. The Morgan fingerprint density at radius 2 is 2.06 bits per heavy atom. The molecule has 5 unspecified atom stereocenters. The lowest BCUT2D eigenvalue weighted by molar-refractivity contribution is -0.124. The van der Waals surface area contributed by atoms with Crippen LogP contribution >= 0.6 is 0 Å². The SMILES string of the molecule is O=C1N=CC=NC1C1OC(CO)C(O)C1O. The molecule has 1 saturated heterocycles. The minimum Gasteiger partial charge on any atom is -0.394 e. The Morgan fingerprint density at radius 3 is 2.62 bits per heavy atom. The van der Waals surface area contributed by atoms with E-state index in [0.717, 1.165) is 0 Å². The maximum Gasteiger partial charge on any atom is 0.273 e. The fourth-order valence-electron chi connectivity index (χ4n) is 1.79. The summed E-state index contributed by atoms with van der Waals surface area (Å²) in [6.07, 6.45) is -1.75. The lowest BCUT2D eigenvalue weighted by atomic mass is 10.0. The maximum atomic E-state index is 11.4. The summed E-state index contributed by atoms with van der Waals surface area (Å²) < 4.78 is 5.19. The van der Waals surface area contributed by atoms with E-state index in [4.69, 9.17) is 9.84 Å². The molecule has 0 aromatic rings. The predicted molar refractivity (Wildman–Crippen MR) is 53.5 cm³/mol. The lowest BCUT2D eigenvalue weighted by Gasteiger charge is -2.20. The summed E-state index contributed by atoms with van der Waals surface area (Å²) in [4.78, 5) is 18.7. The van der Waals surface area contributed by atoms with E-state index in [1.54, 1.807) is 0 Å². The minimum atomic E-state index is -1.25. The van der Waals surface area contributed by atoms with Crippen LogP contribution < -0.4 is 0 Å². The van der Waals surface area contributed by atoms with Gasteiger partial charge in [-0.2, -0.15) is 0 Å². The van der Waals surface area contributed by atoms with E-state index in [2.05, 4.69) is 9.98 Å². The number of ether oxygens (including phenoxy) is 1. The highest BCUT2D eigenvalue weighted by Crippen LogP contribution is 2.25.